The molecule has 0 unspecified atom stereocenters. The van der Waals surface area contributed by atoms with Gasteiger partial charge < -0.3 is 10.9 Å². The Bertz CT molecular complexity index is 343. The highest BCUT2D eigenvalue weighted by Crippen LogP contribution is 1.96. The molecule has 0 atom stereocenters. The van der Waals surface area contributed by atoms with Crippen LogP contribution in [0.5, 0.6) is 0 Å². The van der Waals surface area contributed by atoms with Gasteiger partial charge in [0.05, 0.1) is 0 Å². The lowest BCUT2D eigenvalue weighted by molar-refractivity contribution is 0.179. The summed E-state index contributed by atoms with van der Waals surface area (Å²) >= 11 is 0. The van der Waals surface area contributed by atoms with Crippen LogP contribution in [0.15, 0.2) is 11.1 Å². The van der Waals surface area contributed by atoms with Crippen molar-refractivity contribution in [2.24, 2.45) is 4.99 Å². The Hall–Kier alpha value is -1.52. The molecule has 0 aromatic carbocycles. The molecule has 1 heterocycles. The topological polar surface area (TPSA) is 76.4 Å². The Morgan fingerprint density at radius 1 is 1.64 bits per heavy atom. The molecule has 3 N–H and O–H groups in total. The van der Waals surface area contributed by atoms with Gasteiger partial charge in [0, 0.05) is 12.6 Å². The maximum Gasteiger partial charge on any atom is 0.153 e. The van der Waals surface area contributed by atoms with Crippen molar-refractivity contribution < 1.29 is 5.21 Å². The Labute approximate surface area is 82.9 Å². The minimum Gasteiger partial charge on any atom is -0.425 e. The first-order valence-electron chi connectivity index (χ1n) is 4.71. The average molecular weight is 196 g/mol. The fourth-order valence-corrected chi connectivity index (χ4v) is 1.06. The summed E-state index contributed by atoms with van der Waals surface area (Å²) in [5.74, 6) is 0.702. The third-order valence-corrected chi connectivity index (χ3v) is 1.89. The van der Waals surface area contributed by atoms with E-state index in [1.54, 1.807) is 13.0 Å². The third kappa shape index (κ3) is 2.48. The lowest BCUT2D eigenvalue weighted by Crippen LogP contribution is -2.18. The van der Waals surface area contributed by atoms with E-state index in [-0.39, 0.29) is 5.82 Å². The molecule has 5 nitrogen and oxygen atoms in total. The zero-order chi connectivity index (χ0) is 10.6. The van der Waals surface area contributed by atoms with Gasteiger partial charge in [-0.1, -0.05) is 13.3 Å². The molecule has 5 heteroatoms. The summed E-state index contributed by atoms with van der Waals surface area (Å²) in [6.45, 7) is 4.53. The highest BCUT2D eigenvalue weighted by molar-refractivity contribution is 5.26. The number of anilines is 1. The number of unbranched alkanes of at least 4 members (excludes halogenated alkanes) is 1. The van der Waals surface area contributed by atoms with Crippen molar-refractivity contribution in [2.45, 2.75) is 26.7 Å². The van der Waals surface area contributed by atoms with Gasteiger partial charge in [0.1, 0.15) is 11.6 Å². The molecule has 14 heavy (non-hydrogen) atoms. The van der Waals surface area contributed by atoms with Crippen LogP contribution in [0, 0.1) is 6.92 Å². The predicted molar refractivity (Wildman–Crippen MR) is 53.9 cm³/mol. The molecule has 1 aromatic heterocycles. The van der Waals surface area contributed by atoms with Crippen molar-refractivity contribution in [3.05, 3.63) is 17.4 Å². The molecule has 0 saturated heterocycles. The van der Waals surface area contributed by atoms with Crippen LogP contribution in [-0.4, -0.2) is 21.5 Å². The van der Waals surface area contributed by atoms with Gasteiger partial charge in [-0.05, 0) is 13.3 Å². The van der Waals surface area contributed by atoms with Crippen molar-refractivity contribution in [1.82, 2.24) is 9.71 Å². The zero-order valence-corrected chi connectivity index (χ0v) is 8.56. The smallest absolute Gasteiger partial charge is 0.153 e. The molecule has 1 rings (SSSR count). The number of hydrogen-bond donors (Lipinski definition) is 2. The van der Waals surface area contributed by atoms with Crippen molar-refractivity contribution in [3.63, 3.8) is 0 Å². The highest BCUT2D eigenvalue weighted by Gasteiger charge is 1.98. The molecule has 0 fully saturated rings. The van der Waals surface area contributed by atoms with Gasteiger partial charge in [0.2, 0.25) is 0 Å². The van der Waals surface area contributed by atoms with Crippen LogP contribution in [-0.2, 0) is 0 Å². The fraction of sp³-hybridized carbons (Fsp3) is 0.556. The van der Waals surface area contributed by atoms with Gasteiger partial charge in [-0.15, -0.1) is 0 Å². The number of nitrogens with two attached hydrogens (primary N) is 1. The number of nitrogen functional groups attached to an aromatic ring is 1. The molecule has 0 bridgehead atoms. The minimum atomic E-state index is 0.257. The van der Waals surface area contributed by atoms with Gasteiger partial charge in [-0.25, -0.2) is 4.98 Å². The van der Waals surface area contributed by atoms with Crippen molar-refractivity contribution >= 4 is 5.82 Å². The molecule has 0 amide bonds. The number of hydrogen-bond acceptors (Lipinski definition) is 4. The first-order chi connectivity index (χ1) is 6.65. The van der Waals surface area contributed by atoms with E-state index >= 15 is 0 Å². The molecular weight excluding hydrogens is 180 g/mol. The maximum absolute atomic E-state index is 9.29. The van der Waals surface area contributed by atoms with Crippen LogP contribution in [0.2, 0.25) is 0 Å². The van der Waals surface area contributed by atoms with Crippen molar-refractivity contribution in [2.75, 3.05) is 12.3 Å². The second kappa shape index (κ2) is 4.64. The summed E-state index contributed by atoms with van der Waals surface area (Å²) < 4.78 is 0.846. The van der Waals surface area contributed by atoms with E-state index in [0.29, 0.717) is 11.3 Å². The van der Waals surface area contributed by atoms with Gasteiger partial charge in [0.25, 0.3) is 0 Å². The summed E-state index contributed by atoms with van der Waals surface area (Å²) in [4.78, 5) is 8.31. The van der Waals surface area contributed by atoms with E-state index < -0.39 is 0 Å². The highest BCUT2D eigenvalue weighted by atomic mass is 16.5. The van der Waals surface area contributed by atoms with Gasteiger partial charge >= 0.3 is 0 Å². The van der Waals surface area contributed by atoms with Crippen LogP contribution in [0.1, 0.15) is 25.6 Å². The molecular formula is C9H16N4O. The predicted octanol–water partition coefficient (Wildman–Crippen LogP) is 0.712. The molecule has 0 aliphatic carbocycles. The van der Waals surface area contributed by atoms with Crippen LogP contribution >= 0.6 is 0 Å². The first-order valence-corrected chi connectivity index (χ1v) is 4.71. The van der Waals surface area contributed by atoms with Gasteiger partial charge in [-0.2, -0.15) is 4.73 Å². The van der Waals surface area contributed by atoms with E-state index in [2.05, 4.69) is 16.9 Å². The first kappa shape index (κ1) is 10.6. The summed E-state index contributed by atoms with van der Waals surface area (Å²) in [7, 11) is 0. The normalized spacial score (nSPS) is 12.0. The second-order valence-corrected chi connectivity index (χ2v) is 3.13. The Morgan fingerprint density at radius 2 is 2.36 bits per heavy atom. The lowest BCUT2D eigenvalue weighted by Gasteiger charge is -2.04. The third-order valence-electron chi connectivity index (χ3n) is 1.89. The van der Waals surface area contributed by atoms with E-state index in [1.165, 1.54) is 0 Å². The van der Waals surface area contributed by atoms with E-state index in [1.807, 2.05) is 0 Å². The molecule has 0 aliphatic heterocycles. The van der Waals surface area contributed by atoms with Crippen molar-refractivity contribution in [1.29, 1.82) is 0 Å². The van der Waals surface area contributed by atoms with Gasteiger partial charge in [-0.3, -0.25) is 4.99 Å². The fourth-order valence-electron chi connectivity index (χ4n) is 1.06. The Kier molecular flexibility index (Phi) is 3.50. The Balaban J connectivity index is 2.94. The van der Waals surface area contributed by atoms with Crippen LogP contribution in [0.25, 0.3) is 0 Å². The SMILES string of the molecule is CCCCN=c1cc(N)n(O)c(C)n1. The number of aryl methyl sites for hydroxylation is 1. The van der Waals surface area contributed by atoms with Crippen molar-refractivity contribution in [3.8, 4) is 0 Å². The molecule has 0 aliphatic rings. The largest absolute Gasteiger partial charge is 0.425 e. The molecule has 0 spiro atoms. The van der Waals surface area contributed by atoms with Crippen LogP contribution < -0.4 is 11.2 Å². The molecule has 78 valence electrons. The van der Waals surface area contributed by atoms with E-state index in [0.717, 1.165) is 24.1 Å². The summed E-state index contributed by atoms with van der Waals surface area (Å²) in [5.41, 5.74) is 6.12. The second-order valence-electron chi connectivity index (χ2n) is 3.13. The quantitative estimate of drug-likeness (QED) is 0.552. The number of aromatic nitrogens is 2. The molecule has 0 saturated carbocycles. The van der Waals surface area contributed by atoms with Gasteiger partial charge in [0.15, 0.2) is 5.49 Å². The minimum absolute atomic E-state index is 0.257. The van der Waals surface area contributed by atoms with Crippen LogP contribution in [0.4, 0.5) is 5.82 Å². The molecule has 0 radical (unpaired) electrons. The average Bonchev–Trinajstić information content (AvgIpc) is 2.14. The monoisotopic (exact) mass is 196 g/mol. The van der Waals surface area contributed by atoms with E-state index in [4.69, 9.17) is 5.73 Å². The molecule has 1 aromatic rings. The lowest BCUT2D eigenvalue weighted by atomic mass is 10.3. The summed E-state index contributed by atoms with van der Waals surface area (Å²) in [6.07, 6.45) is 2.14. The Morgan fingerprint density at radius 3 is 2.93 bits per heavy atom. The number of rotatable bonds is 3. The standard InChI is InChI=1S/C9H16N4O/c1-3-4-5-11-9-6-8(10)13(14)7(2)12-9/h6,14H,3-5,10H2,1-2H3. The van der Waals surface area contributed by atoms with E-state index in [9.17, 15) is 5.21 Å². The zero-order valence-electron chi connectivity index (χ0n) is 8.56. The summed E-state index contributed by atoms with van der Waals surface area (Å²) in [5, 5.41) is 9.29. The maximum atomic E-state index is 9.29. The van der Waals surface area contributed by atoms with Crippen LogP contribution in [0.3, 0.4) is 0 Å². The number of nitrogens with zero attached hydrogens (tertiary/aromatic N) is 3. The summed E-state index contributed by atoms with van der Waals surface area (Å²) in [6, 6.07) is 1.56.